The number of anilines is 2. The Hall–Kier alpha value is -6.72. The molecule has 0 radical (unpaired) electrons. The van der Waals surface area contributed by atoms with Crippen molar-refractivity contribution in [2.24, 2.45) is 0 Å². The Morgan fingerprint density at radius 1 is 0.590 bits per heavy atom. The zero-order valence-electron chi connectivity index (χ0n) is 33.3. The number of hydrogen-bond donors (Lipinski definition) is 1. The van der Waals surface area contributed by atoms with Gasteiger partial charge in [-0.2, -0.15) is 0 Å². The van der Waals surface area contributed by atoms with Crippen LogP contribution in [0.15, 0.2) is 158 Å². The van der Waals surface area contributed by atoms with E-state index < -0.39 is 46.7 Å². The lowest BCUT2D eigenvalue weighted by molar-refractivity contribution is -0.0197. The molecule has 2 atom stereocenters. The van der Waals surface area contributed by atoms with Gasteiger partial charge in [0, 0.05) is 73.6 Å². The summed E-state index contributed by atoms with van der Waals surface area (Å²) in [6.45, 7) is 4.69. The molecule has 0 saturated carbocycles. The first-order valence-electron chi connectivity index (χ1n) is 20.0. The molecule has 0 aliphatic carbocycles. The van der Waals surface area contributed by atoms with Crippen LogP contribution in [0, 0.1) is 23.3 Å². The van der Waals surface area contributed by atoms with Gasteiger partial charge in [0.05, 0.1) is 0 Å². The van der Waals surface area contributed by atoms with E-state index in [1.807, 2.05) is 60.7 Å². The molecule has 2 aliphatic heterocycles. The number of carbonyl (C=O) groups excluding carboxylic acids is 2. The van der Waals surface area contributed by atoms with Gasteiger partial charge in [-0.3, -0.25) is 9.80 Å². The number of nitrogens with zero attached hydrogens (tertiary/aromatic N) is 2. The van der Waals surface area contributed by atoms with Crippen molar-refractivity contribution in [3.05, 3.63) is 193 Å². The molecule has 8 rings (SSSR count). The molecule has 0 bridgehead atoms. The van der Waals surface area contributed by atoms with Gasteiger partial charge >= 0.3 is 12.2 Å². The lowest BCUT2D eigenvalue weighted by atomic mass is 9.84. The van der Waals surface area contributed by atoms with Gasteiger partial charge in [-0.25, -0.2) is 27.2 Å². The van der Waals surface area contributed by atoms with Crippen molar-refractivity contribution in [2.75, 3.05) is 29.5 Å². The summed E-state index contributed by atoms with van der Waals surface area (Å²) in [7, 11) is 0. The molecule has 0 spiro atoms. The normalized spacial score (nSPS) is 18.7. The van der Waals surface area contributed by atoms with Crippen LogP contribution in [0.4, 0.5) is 38.5 Å². The Bertz CT molecular complexity index is 2500. The van der Waals surface area contributed by atoms with Crippen LogP contribution in [0.2, 0.25) is 0 Å². The van der Waals surface area contributed by atoms with E-state index in [9.17, 15) is 32.3 Å². The van der Waals surface area contributed by atoms with Crippen molar-refractivity contribution in [3.8, 4) is 22.3 Å². The van der Waals surface area contributed by atoms with Crippen molar-refractivity contribution in [3.63, 3.8) is 0 Å². The number of cyclic esters (lactones) is 2. The van der Waals surface area contributed by atoms with Gasteiger partial charge in [-0.1, -0.05) is 91.0 Å². The van der Waals surface area contributed by atoms with E-state index >= 15 is 0 Å². The highest BCUT2D eigenvalue weighted by molar-refractivity contribution is 5.91. The van der Waals surface area contributed by atoms with E-state index in [0.29, 0.717) is 67.7 Å². The minimum absolute atomic E-state index is 0.0150. The first-order valence-corrected chi connectivity index (χ1v) is 20.0. The van der Waals surface area contributed by atoms with Gasteiger partial charge in [-0.05, 0) is 83.6 Å². The van der Waals surface area contributed by atoms with Gasteiger partial charge in [0.2, 0.25) is 0 Å². The molecule has 2 heterocycles. The summed E-state index contributed by atoms with van der Waals surface area (Å²) in [5.74, 6) is -2.59. The van der Waals surface area contributed by atoms with Crippen LogP contribution >= 0.6 is 0 Å². The SMILES string of the molecule is C=CCC1(c2ccccc2)CCN(c2cccc(-c3ccc(F)cc3F)c2)C(=O)O1.O=C1OC(CCCO)(c2ccccc2)CCN1c1cccc(-c2ccc(F)cc2F)c1. The molecule has 312 valence electrons. The molecule has 2 unspecified atom stereocenters. The van der Waals surface area contributed by atoms with Gasteiger partial charge < -0.3 is 14.6 Å². The second-order valence-electron chi connectivity index (χ2n) is 14.9. The average molecular weight is 829 g/mol. The predicted octanol–water partition coefficient (Wildman–Crippen LogP) is 12.1. The van der Waals surface area contributed by atoms with Crippen LogP contribution in [0.1, 0.15) is 43.2 Å². The fourth-order valence-electron chi connectivity index (χ4n) is 7.98. The Kier molecular flexibility index (Phi) is 13.0. The van der Waals surface area contributed by atoms with Crippen molar-refractivity contribution in [1.29, 1.82) is 0 Å². The van der Waals surface area contributed by atoms with Crippen LogP contribution in [-0.4, -0.2) is 37.0 Å². The number of hydrogen-bond acceptors (Lipinski definition) is 5. The fraction of sp³-hybridized carbons (Fsp3) is 0.200. The number of amides is 2. The fourth-order valence-corrected chi connectivity index (χ4v) is 7.98. The molecule has 0 aromatic heterocycles. The molecular weight excluding hydrogens is 785 g/mol. The Morgan fingerprint density at radius 2 is 1.05 bits per heavy atom. The van der Waals surface area contributed by atoms with Crippen LogP contribution in [0.5, 0.6) is 0 Å². The van der Waals surface area contributed by atoms with Gasteiger partial charge in [0.15, 0.2) is 0 Å². The summed E-state index contributed by atoms with van der Waals surface area (Å²) in [6.07, 6.45) is 3.48. The maximum Gasteiger partial charge on any atom is 0.415 e. The van der Waals surface area contributed by atoms with Crippen molar-refractivity contribution in [2.45, 2.75) is 43.3 Å². The van der Waals surface area contributed by atoms with Crippen LogP contribution < -0.4 is 9.80 Å². The van der Waals surface area contributed by atoms with Gasteiger partial charge in [0.1, 0.15) is 34.5 Å². The zero-order valence-corrected chi connectivity index (χ0v) is 33.3. The quantitative estimate of drug-likeness (QED) is 0.104. The van der Waals surface area contributed by atoms with E-state index in [-0.39, 0.29) is 17.7 Å². The Labute approximate surface area is 352 Å². The Morgan fingerprint density at radius 3 is 1.49 bits per heavy atom. The number of carbonyl (C=O) groups is 2. The van der Waals surface area contributed by atoms with E-state index in [0.717, 1.165) is 23.3 Å². The number of halogens is 4. The van der Waals surface area contributed by atoms with Gasteiger partial charge in [-0.15, -0.1) is 6.58 Å². The lowest BCUT2D eigenvalue weighted by Gasteiger charge is -2.41. The summed E-state index contributed by atoms with van der Waals surface area (Å²) in [5, 5.41) is 9.33. The predicted molar refractivity (Wildman–Crippen MR) is 228 cm³/mol. The van der Waals surface area contributed by atoms with E-state index in [1.54, 1.807) is 54.6 Å². The third kappa shape index (κ3) is 9.37. The summed E-state index contributed by atoms with van der Waals surface area (Å²) < 4.78 is 66.9. The van der Waals surface area contributed by atoms with Crippen LogP contribution in [0.3, 0.4) is 0 Å². The standard InChI is InChI=1S/C25H23F2NO3.C25H21F2NO2/c26-20-10-11-22(23(27)17-20)18-6-4-9-21(16-18)28-14-13-25(12-5-15-29,31-24(28)30)19-7-2-1-3-8-19;1-2-13-25(19-8-4-3-5-9-19)14-15-28(24(29)30-25)21-10-6-7-18(16-21)22-12-11-20(26)17-23(22)27/h1-4,6-11,16-17,29H,5,12-15H2;2-12,16-17H,1,13-15H2. The molecule has 2 amide bonds. The molecule has 6 aromatic rings. The third-order valence-electron chi connectivity index (χ3n) is 11.1. The number of benzene rings is 6. The smallest absolute Gasteiger partial charge is 0.415 e. The van der Waals surface area contributed by atoms with E-state index in [4.69, 9.17) is 9.47 Å². The zero-order chi connectivity index (χ0) is 43.0. The number of rotatable bonds is 11. The van der Waals surface area contributed by atoms with Crippen molar-refractivity contribution in [1.82, 2.24) is 0 Å². The summed E-state index contributed by atoms with van der Waals surface area (Å²) in [5.41, 5.74) is 3.10. The van der Waals surface area contributed by atoms with E-state index in [1.165, 1.54) is 34.1 Å². The summed E-state index contributed by atoms with van der Waals surface area (Å²) in [4.78, 5) is 29.0. The molecule has 2 saturated heterocycles. The molecule has 1 N–H and O–H groups in total. The average Bonchev–Trinajstić information content (AvgIpc) is 3.27. The molecule has 2 aliphatic rings. The second-order valence-corrected chi connectivity index (χ2v) is 14.9. The number of aliphatic hydroxyl groups is 1. The monoisotopic (exact) mass is 828 g/mol. The topological polar surface area (TPSA) is 79.3 Å². The van der Waals surface area contributed by atoms with E-state index in [2.05, 4.69) is 6.58 Å². The number of aliphatic hydroxyl groups excluding tert-OH is 1. The Balaban J connectivity index is 0.000000184. The first kappa shape index (κ1) is 42.4. The number of ether oxygens (including phenoxy) is 2. The molecular formula is C50H44F4N2O5. The maximum atomic E-state index is 14.2. The highest BCUT2D eigenvalue weighted by Gasteiger charge is 2.43. The minimum atomic E-state index is -0.793. The molecule has 6 aromatic carbocycles. The third-order valence-corrected chi connectivity index (χ3v) is 11.1. The largest absolute Gasteiger partial charge is 0.438 e. The van der Waals surface area contributed by atoms with Crippen LogP contribution in [-0.2, 0) is 20.7 Å². The highest BCUT2D eigenvalue weighted by atomic mass is 19.1. The maximum absolute atomic E-state index is 14.2. The second kappa shape index (κ2) is 18.7. The molecule has 2 fully saturated rings. The van der Waals surface area contributed by atoms with Crippen molar-refractivity contribution >= 4 is 23.6 Å². The highest BCUT2D eigenvalue weighted by Crippen LogP contribution is 2.41. The van der Waals surface area contributed by atoms with Gasteiger partial charge in [0.25, 0.3) is 0 Å². The summed E-state index contributed by atoms with van der Waals surface area (Å²) >= 11 is 0. The molecule has 11 heteroatoms. The van der Waals surface area contributed by atoms with Crippen LogP contribution in [0.25, 0.3) is 22.3 Å². The minimum Gasteiger partial charge on any atom is -0.438 e. The molecule has 7 nitrogen and oxygen atoms in total. The first-order chi connectivity index (χ1) is 29.5. The summed E-state index contributed by atoms with van der Waals surface area (Å²) in [6, 6.07) is 39.9. The van der Waals surface area contributed by atoms with Crippen molar-refractivity contribution < 1.29 is 41.7 Å². The molecule has 61 heavy (non-hydrogen) atoms. The lowest BCUT2D eigenvalue weighted by Crippen LogP contribution is -2.48.